The normalized spacial score (nSPS) is 12.3. The van der Waals surface area contributed by atoms with Gasteiger partial charge in [0.25, 0.3) is 0 Å². The van der Waals surface area contributed by atoms with Crippen LogP contribution in [0.1, 0.15) is 282 Å². The fourth-order valence-corrected chi connectivity index (χ4v) is 15.8. The van der Waals surface area contributed by atoms with Gasteiger partial charge in [-0.1, -0.05) is 276 Å². The van der Waals surface area contributed by atoms with E-state index >= 15 is 0 Å². The van der Waals surface area contributed by atoms with E-state index in [-0.39, 0.29) is 22.7 Å². The predicted molar refractivity (Wildman–Crippen MR) is 485 cm³/mol. The molecule has 9 aromatic carbocycles. The van der Waals surface area contributed by atoms with Gasteiger partial charge in [-0.2, -0.15) is 0 Å². The number of fused-ring (bicyclic) bond motifs is 12. The minimum Gasteiger partial charge on any atom is -0.496 e. The standard InChI is InChI=1S/C102H132N6O9/c1-16-19-22-25-28-40-51-115-94-76-55-72-60-81(100(4,5)6)59-71(91(72)112-13)54-70-49-50-90(108-99(111)105-86-47-38-33-39-48-86)89(96(70)117-53-42-30-27-24-21-18-3)69-80-64-83(102(10,11)12)63-75(93(80)114-15)58-79-68-88(107-98(110)104-85-45-36-32-37-46-85)67-78(95(79)116-52-41-29-26-23-20-17-2)57-74-62-82(101(7,8)9)61-73(92(74)113-14)56-77(94)66-87(65-76)106-97(109)103-84-43-34-31-35-44-84/h31-39,43-50,59-68H,16-30,40-42,51-58,69H2,1-15H3,(H2,103,106,109)(H2,104,107,110)(H2,105,108,111). The summed E-state index contributed by atoms with van der Waals surface area (Å²) < 4.78 is 42.9. The Bertz CT molecular complexity index is 4730. The molecule has 15 nitrogen and oxygen atoms in total. The second-order valence-electron chi connectivity index (χ2n) is 34.8. The van der Waals surface area contributed by atoms with Crippen LogP contribution < -0.4 is 60.3 Å². The maximum atomic E-state index is 14.8. The summed E-state index contributed by atoms with van der Waals surface area (Å²) in [4.78, 5) is 44.0. The maximum absolute atomic E-state index is 14.8. The van der Waals surface area contributed by atoms with Crippen molar-refractivity contribution >= 4 is 52.2 Å². The molecule has 12 bridgehead atoms. The Balaban J connectivity index is 1.31. The molecular formula is C102H132N6O9. The summed E-state index contributed by atoms with van der Waals surface area (Å²) in [6.07, 6.45) is 21.3. The van der Waals surface area contributed by atoms with Crippen molar-refractivity contribution in [3.63, 3.8) is 0 Å². The fourth-order valence-electron chi connectivity index (χ4n) is 15.8. The minimum absolute atomic E-state index is 0.281. The van der Waals surface area contributed by atoms with Crippen LogP contribution in [-0.4, -0.2) is 59.2 Å². The highest BCUT2D eigenvalue weighted by atomic mass is 16.5. The number of methoxy groups -OCH3 is 3. The Morgan fingerprint density at radius 2 is 0.530 bits per heavy atom. The number of unbranched alkanes of at least 4 members (excludes halogenated alkanes) is 15. The Hall–Kier alpha value is -10.4. The number of urea groups is 3. The van der Waals surface area contributed by atoms with Crippen molar-refractivity contribution in [2.45, 2.75) is 253 Å². The molecule has 10 rings (SSSR count). The predicted octanol–water partition coefficient (Wildman–Crippen LogP) is 26.6. The third kappa shape index (κ3) is 25.8. The molecule has 15 heteroatoms. The van der Waals surface area contributed by atoms with E-state index in [1.807, 2.05) is 97.1 Å². The lowest BCUT2D eigenvalue weighted by molar-refractivity contribution is 0.261. The van der Waals surface area contributed by atoms with E-state index in [0.29, 0.717) is 109 Å². The van der Waals surface area contributed by atoms with E-state index < -0.39 is 18.1 Å². The largest absolute Gasteiger partial charge is 0.496 e. The maximum Gasteiger partial charge on any atom is 0.323 e. The van der Waals surface area contributed by atoms with Gasteiger partial charge in [0.15, 0.2) is 0 Å². The number of rotatable bonds is 33. The molecular weight excluding hydrogens is 1450 g/mol. The first kappa shape index (κ1) is 88.9. The number of hydrogen-bond acceptors (Lipinski definition) is 9. The van der Waals surface area contributed by atoms with Crippen molar-refractivity contribution in [2.75, 3.05) is 73.1 Å². The van der Waals surface area contributed by atoms with Crippen molar-refractivity contribution in [3.05, 3.63) is 247 Å². The monoisotopic (exact) mass is 1590 g/mol. The summed E-state index contributed by atoms with van der Waals surface area (Å²) in [5.41, 5.74) is 16.6. The smallest absolute Gasteiger partial charge is 0.323 e. The number of para-hydroxylation sites is 3. The highest BCUT2D eigenvalue weighted by Gasteiger charge is 2.31. The SMILES string of the molecule is CCCCCCCCOc1c2cc(NC(=O)Nc3ccccc3)cc1Cc1cc(C(C)(C)C)cc(c1OC)Cc1ccc(NC(=O)Nc3ccccc3)c(c1OCCCCCCCC)Cc1cc(C(C)(C)C)cc(c1OC)Cc1cc(NC(=O)Nc3ccccc3)cc(c1OCCCCCCCC)Cc1cc(C(C)(C)C)cc(c1OC)C2. The van der Waals surface area contributed by atoms with E-state index in [4.69, 9.17) is 28.4 Å². The Kier molecular flexibility index (Phi) is 32.8. The number of benzene rings is 9. The van der Waals surface area contributed by atoms with Crippen LogP contribution in [0.15, 0.2) is 164 Å². The lowest BCUT2D eigenvalue weighted by Crippen LogP contribution is -2.21. The van der Waals surface area contributed by atoms with Crippen LogP contribution in [0.4, 0.5) is 48.5 Å². The number of hydrogen-bond donors (Lipinski definition) is 6. The molecule has 0 saturated carbocycles. The lowest BCUT2D eigenvalue weighted by Gasteiger charge is -2.27. The number of ether oxygens (including phenoxy) is 6. The first-order valence-electron chi connectivity index (χ1n) is 43.2. The van der Waals surface area contributed by atoms with Gasteiger partial charge in [0.1, 0.15) is 34.5 Å². The van der Waals surface area contributed by atoms with Gasteiger partial charge in [0.05, 0.1) is 41.2 Å². The number of amides is 6. The van der Waals surface area contributed by atoms with Gasteiger partial charge >= 0.3 is 18.1 Å². The third-order valence-electron chi connectivity index (χ3n) is 22.1. The average molecular weight is 1590 g/mol. The van der Waals surface area contributed by atoms with Crippen LogP contribution in [0.5, 0.6) is 34.5 Å². The molecule has 6 amide bonds. The second-order valence-corrected chi connectivity index (χ2v) is 34.8. The van der Waals surface area contributed by atoms with Crippen molar-refractivity contribution in [1.29, 1.82) is 0 Å². The minimum atomic E-state index is -0.402. The van der Waals surface area contributed by atoms with Gasteiger partial charge in [-0.25, -0.2) is 14.4 Å². The summed E-state index contributed by atoms with van der Waals surface area (Å²) in [5.74, 6) is 4.20. The van der Waals surface area contributed by atoms with Crippen LogP contribution in [0.25, 0.3) is 0 Å². The van der Waals surface area contributed by atoms with Gasteiger partial charge in [-0.05, 0) is 158 Å². The Morgan fingerprint density at radius 1 is 0.274 bits per heavy atom. The van der Waals surface area contributed by atoms with Crippen molar-refractivity contribution in [1.82, 2.24) is 0 Å². The molecule has 9 aromatic rings. The molecule has 0 saturated heterocycles. The molecule has 117 heavy (non-hydrogen) atoms. The summed E-state index contributed by atoms with van der Waals surface area (Å²) in [5, 5.41) is 19.3. The zero-order valence-corrected chi connectivity index (χ0v) is 72.9. The Morgan fingerprint density at radius 3 is 0.829 bits per heavy atom. The van der Waals surface area contributed by atoms with Gasteiger partial charge in [-0.15, -0.1) is 0 Å². The quantitative estimate of drug-likeness (QED) is 0.0218. The van der Waals surface area contributed by atoms with Crippen LogP contribution >= 0.6 is 0 Å². The van der Waals surface area contributed by atoms with Crippen LogP contribution in [0.2, 0.25) is 0 Å². The Labute approximate surface area is 699 Å². The van der Waals surface area contributed by atoms with Crippen molar-refractivity contribution in [2.24, 2.45) is 0 Å². The number of nitrogens with one attached hydrogen (secondary N) is 6. The first-order chi connectivity index (χ1) is 56.4. The lowest BCUT2D eigenvalue weighted by atomic mass is 9.81. The van der Waals surface area contributed by atoms with Gasteiger partial charge in [0.2, 0.25) is 0 Å². The van der Waals surface area contributed by atoms with E-state index in [0.717, 1.165) is 191 Å². The number of carbonyl (C=O) groups is 3. The van der Waals surface area contributed by atoms with E-state index in [1.165, 1.54) is 19.3 Å². The zero-order valence-electron chi connectivity index (χ0n) is 72.9. The molecule has 0 radical (unpaired) electrons. The molecule has 0 spiro atoms. The van der Waals surface area contributed by atoms with Gasteiger partial charge in [0, 0.05) is 100 Å². The van der Waals surface area contributed by atoms with E-state index in [9.17, 15) is 14.4 Å². The van der Waals surface area contributed by atoms with Crippen LogP contribution in [0, 0.1) is 0 Å². The average Bonchev–Trinajstić information content (AvgIpc) is 0.772. The van der Waals surface area contributed by atoms with E-state index in [1.54, 1.807) is 21.3 Å². The molecule has 0 aliphatic heterocycles. The molecule has 0 unspecified atom stereocenters. The van der Waals surface area contributed by atoms with Crippen molar-refractivity contribution in [3.8, 4) is 34.5 Å². The second kappa shape index (κ2) is 43.2. The summed E-state index contributed by atoms with van der Waals surface area (Å²) in [6, 6.07) is 53.4. The fraction of sp³-hybridized carbons (Fsp3) is 0.441. The number of carbonyl (C=O) groups excluding carboxylic acids is 3. The third-order valence-corrected chi connectivity index (χ3v) is 22.1. The van der Waals surface area contributed by atoms with Gasteiger partial charge in [-0.3, -0.25) is 0 Å². The van der Waals surface area contributed by atoms with E-state index in [2.05, 4.69) is 182 Å². The molecule has 0 aromatic heterocycles. The summed E-state index contributed by atoms with van der Waals surface area (Å²) in [7, 11) is 5.27. The molecule has 1 aliphatic rings. The highest BCUT2D eigenvalue weighted by molar-refractivity contribution is 6.02. The van der Waals surface area contributed by atoms with Gasteiger partial charge < -0.3 is 60.3 Å². The van der Waals surface area contributed by atoms with Crippen molar-refractivity contribution < 1.29 is 42.8 Å². The topological polar surface area (TPSA) is 179 Å². The summed E-state index contributed by atoms with van der Waals surface area (Å²) >= 11 is 0. The highest BCUT2D eigenvalue weighted by Crippen LogP contribution is 2.46. The summed E-state index contributed by atoms with van der Waals surface area (Å²) in [6.45, 7) is 28.3. The zero-order chi connectivity index (χ0) is 83.5. The van der Waals surface area contributed by atoms with Crippen LogP contribution in [0.3, 0.4) is 0 Å². The molecule has 6 N–H and O–H groups in total. The molecule has 0 heterocycles. The first-order valence-corrected chi connectivity index (χ1v) is 43.2. The molecule has 1 aliphatic carbocycles. The number of anilines is 6. The molecule has 0 atom stereocenters. The molecule has 0 fully saturated rings. The van der Waals surface area contributed by atoms with Crippen LogP contribution in [-0.2, 0) is 54.8 Å². The molecule has 624 valence electrons.